The van der Waals surface area contributed by atoms with Crippen LogP contribution in [0.5, 0.6) is 5.75 Å². The van der Waals surface area contributed by atoms with Crippen molar-refractivity contribution in [3.8, 4) is 28.3 Å². The summed E-state index contributed by atoms with van der Waals surface area (Å²) < 4.78 is 16.5. The number of aromatic amines is 1. The highest BCUT2D eigenvalue weighted by molar-refractivity contribution is 5.84. The minimum absolute atomic E-state index is 0.00144. The molecule has 3 rings (SSSR count). The Morgan fingerprint density at radius 1 is 0.627 bits per heavy atom. The first-order valence-electron chi connectivity index (χ1n) is 24.5. The fourth-order valence-corrected chi connectivity index (χ4v) is 7.02. The second kappa shape index (κ2) is 37.8. The maximum absolute atomic E-state index is 11.8. The van der Waals surface area contributed by atoms with Crippen molar-refractivity contribution < 1.29 is 43.3 Å². The van der Waals surface area contributed by atoms with Crippen LogP contribution in [0.4, 0.5) is 0 Å². The zero-order valence-corrected chi connectivity index (χ0v) is 40.7. The normalized spacial score (nSPS) is 11.8. The number of aliphatic carboxylic acids is 1. The van der Waals surface area contributed by atoms with E-state index < -0.39 is 12.0 Å². The predicted octanol–water partition coefficient (Wildman–Crippen LogP) is 7.36. The van der Waals surface area contributed by atoms with Crippen molar-refractivity contribution in [3.63, 3.8) is 0 Å². The van der Waals surface area contributed by atoms with Gasteiger partial charge in [0.05, 0.1) is 32.5 Å². The number of tetrazole rings is 1. The molecule has 67 heavy (non-hydrogen) atoms. The number of carboxylic acids is 1. The molecule has 0 aliphatic carbocycles. The first-order chi connectivity index (χ1) is 32.6. The molecule has 17 nitrogen and oxygen atoms in total. The Morgan fingerprint density at radius 2 is 1.21 bits per heavy atom. The average molecular weight is 937 g/mol. The molecular weight excluding hydrogens is 857 g/mol. The maximum Gasteiger partial charge on any atom is 0.326 e. The van der Waals surface area contributed by atoms with Gasteiger partial charge < -0.3 is 40.6 Å². The Bertz CT molecular complexity index is 1760. The van der Waals surface area contributed by atoms with Crippen LogP contribution in [0, 0.1) is 0 Å². The van der Waals surface area contributed by atoms with Crippen LogP contribution in [-0.2, 0) is 33.4 Å². The number of nitrogens with zero attached hydrogens (tertiary/aromatic N) is 3. The van der Waals surface area contributed by atoms with Crippen LogP contribution in [0.25, 0.3) is 22.5 Å². The van der Waals surface area contributed by atoms with Crippen molar-refractivity contribution in [2.45, 2.75) is 155 Å². The monoisotopic (exact) mass is 937 g/mol. The van der Waals surface area contributed by atoms with Crippen LogP contribution in [0.2, 0.25) is 0 Å². The molecule has 0 spiro atoms. The summed E-state index contributed by atoms with van der Waals surface area (Å²) in [6.45, 7) is 7.66. The number of carboxylic acid groups (broad SMARTS) is 1. The van der Waals surface area contributed by atoms with E-state index >= 15 is 0 Å². The number of aromatic nitrogens is 4. The summed E-state index contributed by atoms with van der Waals surface area (Å²) in [5.41, 5.74) is 3.28. The zero-order chi connectivity index (χ0) is 48.7. The molecular formula is C50H80N8O9. The first-order valence-corrected chi connectivity index (χ1v) is 24.5. The van der Waals surface area contributed by atoms with Gasteiger partial charge in [-0.15, -0.1) is 10.2 Å². The number of likely N-dealkylation sites (N-methyl/N-ethyl adjacent to an activating group) is 1. The maximum atomic E-state index is 11.8. The van der Waals surface area contributed by atoms with E-state index in [-0.39, 0.29) is 81.8 Å². The topological polar surface area (TPSA) is 236 Å². The summed E-state index contributed by atoms with van der Waals surface area (Å²) in [6, 6.07) is 15.3. The van der Waals surface area contributed by atoms with Gasteiger partial charge >= 0.3 is 5.97 Å². The molecule has 0 bridgehead atoms. The third kappa shape index (κ3) is 28.5. The number of H-pyrrole nitrogens is 1. The molecule has 0 radical (unpaired) electrons. The number of hydrogen-bond donors (Lipinski definition) is 6. The summed E-state index contributed by atoms with van der Waals surface area (Å²) >= 11 is 0. The summed E-state index contributed by atoms with van der Waals surface area (Å²) in [7, 11) is 1.75. The van der Waals surface area contributed by atoms with E-state index in [0.717, 1.165) is 49.2 Å². The van der Waals surface area contributed by atoms with Gasteiger partial charge in [-0.2, -0.15) is 5.21 Å². The van der Waals surface area contributed by atoms with Crippen molar-refractivity contribution in [2.75, 3.05) is 53.2 Å². The molecule has 0 aliphatic rings. The van der Waals surface area contributed by atoms with Gasteiger partial charge in [0.2, 0.25) is 23.5 Å². The van der Waals surface area contributed by atoms with Crippen LogP contribution < -0.4 is 26.0 Å². The Balaban J connectivity index is 0.000000460. The molecule has 0 fully saturated rings. The van der Waals surface area contributed by atoms with Crippen LogP contribution in [-0.4, -0.2) is 120 Å². The number of unbranched alkanes of at least 4 members (excludes halogenated alkanes) is 13. The molecule has 374 valence electrons. The Morgan fingerprint density at radius 3 is 1.78 bits per heavy atom. The number of amides is 3. The molecule has 2 atom stereocenters. The zero-order valence-electron chi connectivity index (χ0n) is 40.7. The lowest BCUT2D eigenvalue weighted by molar-refractivity contribution is -0.142. The van der Waals surface area contributed by atoms with E-state index in [1.54, 1.807) is 20.9 Å². The van der Waals surface area contributed by atoms with Crippen molar-refractivity contribution in [1.29, 1.82) is 0 Å². The number of Topliss-reactive ketones (excluding diaryl/α,β-unsaturated/α-hetero) is 1. The number of ketones is 1. The molecule has 1 heterocycles. The van der Waals surface area contributed by atoms with Crippen LogP contribution in [0.1, 0.15) is 143 Å². The lowest BCUT2D eigenvalue weighted by atomic mass is 10.0. The molecule has 0 aliphatic heterocycles. The van der Waals surface area contributed by atoms with Gasteiger partial charge in [0.25, 0.3) is 0 Å². The molecule has 0 saturated carbocycles. The fraction of sp³-hybridized carbons (Fsp3) is 0.640. The molecule has 1 unspecified atom stereocenters. The van der Waals surface area contributed by atoms with Gasteiger partial charge in [-0.25, -0.2) is 4.79 Å². The SMILES string of the molecule is CCC(=O)NC(CCC(=O)NCCOCCOCC(=O)NCCCC[C@H](NC)C(C)=O)C(=O)O.CCCCCCCCCCCCCCCOc1ccc(-c2ccc(-c3nn[nH]n3)cc2)cc1. The quantitative estimate of drug-likeness (QED) is 0.0309. The summed E-state index contributed by atoms with van der Waals surface area (Å²) in [4.78, 5) is 57.2. The fourth-order valence-electron chi connectivity index (χ4n) is 7.02. The number of nitrogens with one attached hydrogen (secondary N) is 5. The van der Waals surface area contributed by atoms with E-state index in [0.29, 0.717) is 12.4 Å². The van der Waals surface area contributed by atoms with E-state index in [4.69, 9.17) is 19.3 Å². The molecule has 1 aromatic heterocycles. The number of benzene rings is 2. The lowest BCUT2D eigenvalue weighted by Gasteiger charge is -2.13. The smallest absolute Gasteiger partial charge is 0.326 e. The van der Waals surface area contributed by atoms with Crippen LogP contribution in [0.15, 0.2) is 48.5 Å². The summed E-state index contributed by atoms with van der Waals surface area (Å²) in [6.07, 6.45) is 20.3. The number of carbonyl (C=O) groups excluding carboxylic acids is 4. The molecule has 0 saturated heterocycles. The van der Waals surface area contributed by atoms with Gasteiger partial charge in [-0.05, 0) is 74.5 Å². The van der Waals surface area contributed by atoms with E-state index in [1.807, 2.05) is 12.1 Å². The standard InChI is InChI=1S/C28H40N4O.C22H40N4O8/c1-2-3-4-5-6-7-8-9-10-11-12-13-14-23-33-27-21-19-25(20-22-27)24-15-17-26(18-16-24)28-29-31-32-30-28;1-4-19(28)26-18(22(31)32)8-9-20(29)25-11-12-33-13-14-34-15-21(30)24-10-6-5-7-17(23-3)16(2)27/h15-22H,2-14,23H2,1H3,(H,29,30,31,32);17-18,23H,4-15H2,1-3H3,(H,24,30)(H,25,29)(H,26,28)(H,31,32)/t;17-,18?/m.0/s1. The van der Waals surface area contributed by atoms with Gasteiger partial charge in [-0.1, -0.05) is 127 Å². The predicted molar refractivity (Wildman–Crippen MR) is 260 cm³/mol. The van der Waals surface area contributed by atoms with Gasteiger partial charge in [0, 0.05) is 31.5 Å². The Hall–Kier alpha value is -5.26. The second-order valence-electron chi connectivity index (χ2n) is 16.6. The number of carbonyl (C=O) groups is 5. The van der Waals surface area contributed by atoms with Crippen molar-refractivity contribution in [3.05, 3.63) is 48.5 Å². The first kappa shape index (κ1) is 57.9. The van der Waals surface area contributed by atoms with Gasteiger partial charge in [0.15, 0.2) is 0 Å². The van der Waals surface area contributed by atoms with Crippen LogP contribution in [0.3, 0.4) is 0 Å². The minimum atomic E-state index is -1.18. The number of hydrogen-bond acceptors (Lipinski definition) is 12. The third-order valence-corrected chi connectivity index (χ3v) is 11.1. The molecule has 3 amide bonds. The Labute approximate surface area is 398 Å². The van der Waals surface area contributed by atoms with E-state index in [1.165, 1.54) is 82.6 Å². The summed E-state index contributed by atoms with van der Waals surface area (Å²) in [5.74, 6) is -0.467. The molecule has 2 aromatic carbocycles. The highest BCUT2D eigenvalue weighted by atomic mass is 16.5. The average Bonchev–Trinajstić information content (AvgIpc) is 3.88. The highest BCUT2D eigenvalue weighted by Gasteiger charge is 2.20. The minimum Gasteiger partial charge on any atom is -0.494 e. The second-order valence-corrected chi connectivity index (χ2v) is 16.6. The van der Waals surface area contributed by atoms with Crippen molar-refractivity contribution in [1.82, 2.24) is 41.9 Å². The van der Waals surface area contributed by atoms with Crippen molar-refractivity contribution >= 4 is 29.5 Å². The van der Waals surface area contributed by atoms with E-state index in [9.17, 15) is 24.0 Å². The van der Waals surface area contributed by atoms with E-state index in [2.05, 4.69) is 85.2 Å². The highest BCUT2D eigenvalue weighted by Crippen LogP contribution is 2.25. The third-order valence-electron chi connectivity index (χ3n) is 11.1. The van der Waals surface area contributed by atoms with Gasteiger partial charge in [-0.3, -0.25) is 19.2 Å². The van der Waals surface area contributed by atoms with Crippen molar-refractivity contribution in [2.24, 2.45) is 0 Å². The molecule has 3 aromatic rings. The summed E-state index contributed by atoms with van der Waals surface area (Å²) in [5, 5.41) is 33.9. The molecule has 6 N–H and O–H groups in total. The van der Waals surface area contributed by atoms with Gasteiger partial charge in [0.1, 0.15) is 24.2 Å². The molecule has 17 heteroatoms. The number of rotatable bonds is 38. The number of ether oxygens (including phenoxy) is 3. The van der Waals surface area contributed by atoms with Crippen LogP contribution >= 0.6 is 0 Å². The Kier molecular flexibility index (Phi) is 32.6. The largest absolute Gasteiger partial charge is 0.494 e. The lowest BCUT2D eigenvalue weighted by Crippen LogP contribution is -2.41.